The molecule has 0 radical (unpaired) electrons. The second-order valence-electron chi connectivity index (χ2n) is 8.53. The number of benzene rings is 4. The van der Waals surface area contributed by atoms with E-state index in [0.717, 1.165) is 21.9 Å². The van der Waals surface area contributed by atoms with Gasteiger partial charge in [0.05, 0.1) is 18.7 Å². The number of amides is 1. The van der Waals surface area contributed by atoms with Gasteiger partial charge in [0.15, 0.2) is 11.4 Å². The Morgan fingerprint density at radius 3 is 2.48 bits per heavy atom. The van der Waals surface area contributed by atoms with Crippen molar-refractivity contribution in [2.24, 2.45) is 0 Å². The van der Waals surface area contributed by atoms with Gasteiger partial charge >= 0.3 is 0 Å². The average molecular weight is 456 g/mol. The van der Waals surface area contributed by atoms with Gasteiger partial charge in [-0.25, -0.2) is 0 Å². The lowest BCUT2D eigenvalue weighted by Crippen LogP contribution is -2.41. The van der Waals surface area contributed by atoms with E-state index >= 15 is 0 Å². The van der Waals surface area contributed by atoms with Gasteiger partial charge in [0.2, 0.25) is 0 Å². The number of aryl methyl sites for hydroxylation is 1. The van der Waals surface area contributed by atoms with Crippen molar-refractivity contribution in [1.29, 1.82) is 0 Å². The summed E-state index contributed by atoms with van der Waals surface area (Å²) in [5, 5.41) is 13.8. The summed E-state index contributed by atoms with van der Waals surface area (Å²) in [6.07, 6.45) is -0.364. The summed E-state index contributed by atoms with van der Waals surface area (Å²) in [7, 11) is 0. The predicted molar refractivity (Wildman–Crippen MR) is 131 cm³/mol. The van der Waals surface area contributed by atoms with Gasteiger partial charge in [-0.1, -0.05) is 83.9 Å². The highest BCUT2D eigenvalue weighted by atomic mass is 35.5. The van der Waals surface area contributed by atoms with Crippen LogP contribution in [0.25, 0.3) is 10.8 Å². The van der Waals surface area contributed by atoms with E-state index in [4.69, 9.17) is 11.6 Å². The van der Waals surface area contributed by atoms with Gasteiger partial charge in [0.1, 0.15) is 0 Å². The van der Waals surface area contributed by atoms with Crippen molar-refractivity contribution in [2.45, 2.75) is 25.5 Å². The maximum atomic E-state index is 13.6. The first-order valence-corrected chi connectivity index (χ1v) is 11.2. The molecule has 0 aliphatic carbocycles. The third-order valence-corrected chi connectivity index (χ3v) is 6.50. The van der Waals surface area contributed by atoms with Crippen LogP contribution in [0.2, 0.25) is 5.02 Å². The molecule has 4 nitrogen and oxygen atoms in total. The van der Waals surface area contributed by atoms with Gasteiger partial charge < -0.3 is 10.0 Å². The number of aliphatic hydroxyl groups is 1. The zero-order chi connectivity index (χ0) is 23.2. The number of halogens is 1. The molecule has 1 unspecified atom stereocenters. The van der Waals surface area contributed by atoms with Crippen LogP contribution in [0.5, 0.6) is 0 Å². The van der Waals surface area contributed by atoms with E-state index in [1.54, 1.807) is 24.3 Å². The highest BCUT2D eigenvalue weighted by Crippen LogP contribution is 2.45. The first-order valence-electron chi connectivity index (χ1n) is 10.8. The van der Waals surface area contributed by atoms with Crippen molar-refractivity contribution in [2.75, 3.05) is 4.90 Å². The molecular weight excluding hydrogens is 434 g/mol. The smallest absolute Gasteiger partial charge is 0.264 e. The summed E-state index contributed by atoms with van der Waals surface area (Å²) < 4.78 is 0. The number of fused-ring (bicyclic) bond motifs is 2. The van der Waals surface area contributed by atoms with Crippen LogP contribution in [0.4, 0.5) is 5.69 Å². The van der Waals surface area contributed by atoms with Gasteiger partial charge in [-0.2, -0.15) is 0 Å². The molecular formula is C28H22ClNO3. The molecule has 1 N–H and O–H groups in total. The lowest BCUT2D eigenvalue weighted by atomic mass is 9.87. The van der Waals surface area contributed by atoms with Crippen LogP contribution < -0.4 is 4.90 Å². The molecule has 1 amide bonds. The number of Topliss-reactive ketones (excluding diaryl/α,β-unsaturated/α-hetero) is 1. The Morgan fingerprint density at radius 1 is 0.970 bits per heavy atom. The van der Waals surface area contributed by atoms with Crippen LogP contribution in [0.1, 0.15) is 33.5 Å². The topological polar surface area (TPSA) is 57.6 Å². The molecule has 0 fully saturated rings. The third kappa shape index (κ3) is 3.71. The molecule has 1 aliphatic rings. The fourth-order valence-corrected chi connectivity index (χ4v) is 4.69. The molecule has 1 atom stereocenters. The van der Waals surface area contributed by atoms with Gasteiger partial charge in [0.25, 0.3) is 5.91 Å². The molecule has 0 saturated heterocycles. The minimum atomic E-state index is -1.99. The van der Waals surface area contributed by atoms with E-state index in [1.165, 1.54) is 4.90 Å². The van der Waals surface area contributed by atoms with Gasteiger partial charge in [-0.3, -0.25) is 9.59 Å². The molecule has 5 heteroatoms. The van der Waals surface area contributed by atoms with Crippen LogP contribution in [0.15, 0.2) is 84.9 Å². The normalized spacial score (nSPS) is 17.4. The van der Waals surface area contributed by atoms with Crippen molar-refractivity contribution in [1.82, 2.24) is 0 Å². The maximum Gasteiger partial charge on any atom is 0.264 e. The molecule has 0 bridgehead atoms. The fourth-order valence-electron chi connectivity index (χ4n) is 4.52. The van der Waals surface area contributed by atoms with Gasteiger partial charge in [-0.05, 0) is 41.5 Å². The van der Waals surface area contributed by atoms with E-state index in [-0.39, 0.29) is 12.2 Å². The van der Waals surface area contributed by atoms with E-state index in [9.17, 15) is 14.7 Å². The lowest BCUT2D eigenvalue weighted by molar-refractivity contribution is -0.136. The molecule has 0 saturated carbocycles. The summed E-state index contributed by atoms with van der Waals surface area (Å²) in [5.41, 5.74) is 1.48. The van der Waals surface area contributed by atoms with E-state index in [2.05, 4.69) is 0 Å². The Kier molecular flexibility index (Phi) is 5.28. The zero-order valence-electron chi connectivity index (χ0n) is 18.1. The number of hydrogen-bond acceptors (Lipinski definition) is 3. The van der Waals surface area contributed by atoms with Crippen LogP contribution in [-0.2, 0) is 16.9 Å². The molecule has 0 aromatic heterocycles. The number of carbonyl (C=O) groups excluding carboxylic acids is 2. The molecule has 164 valence electrons. The SMILES string of the molecule is Cc1ccc(CN2C(=O)C(O)(CC(=O)c3cccc4ccccc34)c3cc(Cl)ccc32)cc1. The Balaban J connectivity index is 1.53. The predicted octanol–water partition coefficient (Wildman–Crippen LogP) is 5.81. The highest BCUT2D eigenvalue weighted by Gasteiger charge is 2.51. The van der Waals surface area contributed by atoms with E-state index < -0.39 is 11.5 Å². The summed E-state index contributed by atoms with van der Waals surface area (Å²) in [6, 6.07) is 25.9. The maximum absolute atomic E-state index is 13.6. The number of rotatable bonds is 5. The molecule has 0 spiro atoms. The number of nitrogens with zero attached hydrogens (tertiary/aromatic N) is 1. The minimum absolute atomic E-state index is 0.290. The van der Waals surface area contributed by atoms with Crippen LogP contribution in [0.3, 0.4) is 0 Å². The molecule has 5 rings (SSSR count). The van der Waals surface area contributed by atoms with Gasteiger partial charge in [-0.15, -0.1) is 0 Å². The van der Waals surface area contributed by atoms with Crippen LogP contribution >= 0.6 is 11.6 Å². The summed E-state index contributed by atoms with van der Waals surface area (Å²) in [4.78, 5) is 28.5. The van der Waals surface area contributed by atoms with Crippen molar-refractivity contribution in [3.8, 4) is 0 Å². The number of hydrogen-bond donors (Lipinski definition) is 1. The zero-order valence-corrected chi connectivity index (χ0v) is 18.8. The van der Waals surface area contributed by atoms with Crippen molar-refractivity contribution in [3.63, 3.8) is 0 Å². The molecule has 1 heterocycles. The van der Waals surface area contributed by atoms with Crippen LogP contribution in [0, 0.1) is 6.92 Å². The summed E-state index contributed by atoms with van der Waals surface area (Å²) >= 11 is 6.23. The molecule has 4 aromatic carbocycles. The number of anilines is 1. The lowest BCUT2D eigenvalue weighted by Gasteiger charge is -2.23. The Hall–Kier alpha value is -3.47. The number of carbonyl (C=O) groups is 2. The highest BCUT2D eigenvalue weighted by molar-refractivity contribution is 6.31. The monoisotopic (exact) mass is 455 g/mol. The quantitative estimate of drug-likeness (QED) is 0.386. The van der Waals surface area contributed by atoms with E-state index in [1.807, 2.05) is 67.6 Å². The third-order valence-electron chi connectivity index (χ3n) is 6.26. The average Bonchev–Trinajstić information content (AvgIpc) is 3.01. The minimum Gasteiger partial charge on any atom is -0.375 e. The first kappa shape index (κ1) is 21.4. The first-order chi connectivity index (χ1) is 15.9. The number of ketones is 1. The molecule has 4 aromatic rings. The van der Waals surface area contributed by atoms with Crippen LogP contribution in [-0.4, -0.2) is 16.8 Å². The van der Waals surface area contributed by atoms with E-state index in [0.29, 0.717) is 28.4 Å². The fraction of sp³-hybridized carbons (Fsp3) is 0.143. The summed E-state index contributed by atoms with van der Waals surface area (Å²) in [6.45, 7) is 2.29. The molecule has 33 heavy (non-hydrogen) atoms. The van der Waals surface area contributed by atoms with Gasteiger partial charge in [0, 0.05) is 16.1 Å². The Bertz CT molecular complexity index is 1390. The standard InChI is InChI=1S/C28H22ClNO3/c1-18-9-11-19(12-10-18)17-30-25-14-13-21(29)15-24(25)28(33,27(30)32)16-26(31)23-8-4-6-20-5-2-3-7-22(20)23/h2-15,33H,16-17H2,1H3. The Labute approximate surface area is 197 Å². The van der Waals surface area contributed by atoms with Crippen molar-refractivity contribution >= 4 is 39.8 Å². The summed E-state index contributed by atoms with van der Waals surface area (Å²) in [5.74, 6) is -0.820. The largest absolute Gasteiger partial charge is 0.375 e. The Morgan fingerprint density at radius 2 is 1.70 bits per heavy atom. The molecule has 1 aliphatic heterocycles. The second-order valence-corrected chi connectivity index (χ2v) is 8.96. The van der Waals surface area contributed by atoms with Crippen molar-refractivity contribution < 1.29 is 14.7 Å². The second kappa shape index (κ2) is 8.14. The van der Waals surface area contributed by atoms with Crippen molar-refractivity contribution in [3.05, 3.63) is 112 Å².